The first-order valence-corrected chi connectivity index (χ1v) is 4.79. The summed E-state index contributed by atoms with van der Waals surface area (Å²) in [6, 6.07) is 13.3. The monoisotopic (exact) mass is 214 g/mol. The summed E-state index contributed by atoms with van der Waals surface area (Å²) in [5, 5.41) is 18.0. The highest BCUT2D eigenvalue weighted by molar-refractivity contribution is 5.89. The lowest BCUT2D eigenvalue weighted by atomic mass is 10.0. The van der Waals surface area contributed by atoms with Crippen LogP contribution in [0.3, 0.4) is 0 Å². The van der Waals surface area contributed by atoms with Crippen molar-refractivity contribution in [1.82, 2.24) is 0 Å². The molecule has 0 fully saturated rings. The van der Waals surface area contributed by atoms with Crippen LogP contribution in [0.4, 0.5) is 0 Å². The predicted molar refractivity (Wildman–Crippen MR) is 60.5 cm³/mol. The van der Waals surface area contributed by atoms with E-state index in [1.165, 1.54) is 0 Å². The van der Waals surface area contributed by atoms with Gasteiger partial charge in [-0.1, -0.05) is 24.3 Å². The Balaban J connectivity index is 2.44. The molecule has 0 amide bonds. The van der Waals surface area contributed by atoms with E-state index in [2.05, 4.69) is 0 Å². The van der Waals surface area contributed by atoms with E-state index in [0.717, 1.165) is 11.1 Å². The first-order chi connectivity index (χ1) is 7.66. The van der Waals surface area contributed by atoms with Crippen LogP contribution < -0.4 is 0 Å². The minimum Gasteiger partial charge on any atom is -0.508 e. The van der Waals surface area contributed by atoms with E-state index >= 15 is 0 Å². The van der Waals surface area contributed by atoms with E-state index in [4.69, 9.17) is 10.2 Å². The third kappa shape index (κ3) is 2.03. The number of carbonyl (C=O) groups is 1. The fourth-order valence-corrected chi connectivity index (χ4v) is 1.49. The molecule has 2 rings (SSSR count). The summed E-state index contributed by atoms with van der Waals surface area (Å²) in [5.74, 6) is -0.751. The highest BCUT2D eigenvalue weighted by Crippen LogP contribution is 2.22. The lowest BCUT2D eigenvalue weighted by Gasteiger charge is -2.03. The Morgan fingerprint density at radius 2 is 1.62 bits per heavy atom. The molecule has 0 aromatic heterocycles. The molecule has 16 heavy (non-hydrogen) atoms. The molecular weight excluding hydrogens is 204 g/mol. The molecule has 0 aliphatic heterocycles. The fourth-order valence-electron chi connectivity index (χ4n) is 1.49. The molecule has 0 radical (unpaired) electrons. The summed E-state index contributed by atoms with van der Waals surface area (Å²) in [6.07, 6.45) is 0. The number of aromatic carboxylic acids is 1. The van der Waals surface area contributed by atoms with Gasteiger partial charge in [0.2, 0.25) is 0 Å². The van der Waals surface area contributed by atoms with Crippen LogP contribution in [0.5, 0.6) is 5.75 Å². The normalized spacial score (nSPS) is 10.0. The van der Waals surface area contributed by atoms with Crippen molar-refractivity contribution >= 4 is 5.97 Å². The summed E-state index contributed by atoms with van der Waals surface area (Å²) in [4.78, 5) is 10.8. The van der Waals surface area contributed by atoms with Gasteiger partial charge in [0.05, 0.1) is 5.56 Å². The molecule has 0 saturated carbocycles. The quantitative estimate of drug-likeness (QED) is 0.808. The van der Waals surface area contributed by atoms with E-state index in [-0.39, 0.29) is 11.3 Å². The lowest BCUT2D eigenvalue weighted by Crippen LogP contribution is -1.95. The van der Waals surface area contributed by atoms with Gasteiger partial charge in [0.15, 0.2) is 0 Å². The number of phenols is 1. The summed E-state index contributed by atoms with van der Waals surface area (Å²) >= 11 is 0. The third-order valence-electron chi connectivity index (χ3n) is 2.31. The molecule has 0 saturated heterocycles. The van der Waals surface area contributed by atoms with Gasteiger partial charge in [0, 0.05) is 0 Å². The third-order valence-corrected chi connectivity index (χ3v) is 2.31. The van der Waals surface area contributed by atoms with Gasteiger partial charge in [0.25, 0.3) is 0 Å². The SMILES string of the molecule is O=C(O)c1cccc(-c2ccc(O)cc2)c1. The molecule has 0 bridgehead atoms. The van der Waals surface area contributed by atoms with Crippen molar-refractivity contribution in [3.63, 3.8) is 0 Å². The standard InChI is InChI=1S/C13H10O3/c14-12-6-4-9(5-7-12)10-2-1-3-11(8-10)13(15)16/h1-8,14H,(H,15,16). The number of carboxylic acid groups (broad SMARTS) is 1. The maximum absolute atomic E-state index is 10.8. The molecule has 0 spiro atoms. The molecule has 80 valence electrons. The number of aromatic hydroxyl groups is 1. The number of benzene rings is 2. The van der Waals surface area contributed by atoms with Gasteiger partial charge >= 0.3 is 5.97 Å². The van der Waals surface area contributed by atoms with Crippen molar-refractivity contribution in [2.24, 2.45) is 0 Å². The van der Waals surface area contributed by atoms with E-state index in [1.54, 1.807) is 42.5 Å². The van der Waals surface area contributed by atoms with Crippen LogP contribution in [0, 0.1) is 0 Å². The molecule has 0 atom stereocenters. The second-order valence-electron chi connectivity index (χ2n) is 3.43. The van der Waals surface area contributed by atoms with Gasteiger partial charge < -0.3 is 10.2 Å². The minimum atomic E-state index is -0.944. The first-order valence-electron chi connectivity index (χ1n) is 4.79. The summed E-state index contributed by atoms with van der Waals surface area (Å²) in [5.41, 5.74) is 1.95. The van der Waals surface area contributed by atoms with E-state index in [0.29, 0.717) is 0 Å². The van der Waals surface area contributed by atoms with E-state index < -0.39 is 5.97 Å². The van der Waals surface area contributed by atoms with E-state index in [1.807, 2.05) is 6.07 Å². The van der Waals surface area contributed by atoms with Gasteiger partial charge in [-0.3, -0.25) is 0 Å². The number of rotatable bonds is 2. The van der Waals surface area contributed by atoms with Gasteiger partial charge in [-0.25, -0.2) is 4.79 Å². The van der Waals surface area contributed by atoms with Crippen LogP contribution in [-0.4, -0.2) is 16.2 Å². The van der Waals surface area contributed by atoms with E-state index in [9.17, 15) is 4.79 Å². The van der Waals surface area contributed by atoms with Gasteiger partial charge in [-0.15, -0.1) is 0 Å². The predicted octanol–water partition coefficient (Wildman–Crippen LogP) is 2.76. The fraction of sp³-hybridized carbons (Fsp3) is 0. The second-order valence-corrected chi connectivity index (χ2v) is 3.43. The molecule has 2 aromatic carbocycles. The Morgan fingerprint density at radius 3 is 2.25 bits per heavy atom. The average molecular weight is 214 g/mol. The number of phenolic OH excluding ortho intramolecular Hbond substituents is 1. The Labute approximate surface area is 92.6 Å². The highest BCUT2D eigenvalue weighted by atomic mass is 16.4. The van der Waals surface area contributed by atoms with Crippen molar-refractivity contribution in [2.75, 3.05) is 0 Å². The smallest absolute Gasteiger partial charge is 0.335 e. The van der Waals surface area contributed by atoms with Crippen LogP contribution in [0.25, 0.3) is 11.1 Å². The second kappa shape index (κ2) is 4.06. The zero-order chi connectivity index (χ0) is 11.5. The number of carboxylic acids is 1. The van der Waals surface area contributed by atoms with Gasteiger partial charge in [-0.05, 0) is 35.4 Å². The van der Waals surface area contributed by atoms with Crippen LogP contribution in [0.15, 0.2) is 48.5 Å². The molecular formula is C13H10O3. The zero-order valence-electron chi connectivity index (χ0n) is 8.42. The van der Waals surface area contributed by atoms with Crippen molar-refractivity contribution in [3.05, 3.63) is 54.1 Å². The lowest BCUT2D eigenvalue weighted by molar-refractivity contribution is 0.0697. The van der Waals surface area contributed by atoms with Crippen molar-refractivity contribution < 1.29 is 15.0 Å². The number of hydrogen-bond donors (Lipinski definition) is 2. The van der Waals surface area contributed by atoms with Gasteiger partial charge in [0.1, 0.15) is 5.75 Å². The Morgan fingerprint density at radius 1 is 0.938 bits per heavy atom. The first kappa shape index (κ1) is 10.2. The van der Waals surface area contributed by atoms with Gasteiger partial charge in [-0.2, -0.15) is 0 Å². The molecule has 3 heteroatoms. The maximum Gasteiger partial charge on any atom is 0.335 e. The van der Waals surface area contributed by atoms with Crippen molar-refractivity contribution in [2.45, 2.75) is 0 Å². The zero-order valence-corrected chi connectivity index (χ0v) is 8.42. The molecule has 2 aromatic rings. The van der Waals surface area contributed by atoms with Crippen molar-refractivity contribution in [3.8, 4) is 16.9 Å². The molecule has 2 N–H and O–H groups in total. The van der Waals surface area contributed by atoms with Crippen LogP contribution in [-0.2, 0) is 0 Å². The molecule has 0 heterocycles. The number of hydrogen-bond acceptors (Lipinski definition) is 2. The minimum absolute atomic E-state index is 0.193. The van der Waals surface area contributed by atoms with Crippen LogP contribution >= 0.6 is 0 Å². The molecule has 0 aliphatic rings. The summed E-state index contributed by atoms with van der Waals surface area (Å²) < 4.78 is 0. The largest absolute Gasteiger partial charge is 0.508 e. The Hall–Kier alpha value is -2.29. The Bertz CT molecular complexity index is 515. The molecule has 0 aliphatic carbocycles. The topological polar surface area (TPSA) is 57.5 Å². The molecule has 3 nitrogen and oxygen atoms in total. The summed E-state index contributed by atoms with van der Waals surface area (Å²) in [6.45, 7) is 0. The molecule has 0 unspecified atom stereocenters. The van der Waals surface area contributed by atoms with Crippen LogP contribution in [0.2, 0.25) is 0 Å². The Kier molecular flexibility index (Phi) is 2.60. The average Bonchev–Trinajstić information content (AvgIpc) is 2.30. The summed E-state index contributed by atoms with van der Waals surface area (Å²) in [7, 11) is 0. The highest BCUT2D eigenvalue weighted by Gasteiger charge is 2.04. The van der Waals surface area contributed by atoms with Crippen LogP contribution in [0.1, 0.15) is 10.4 Å². The maximum atomic E-state index is 10.8. The van der Waals surface area contributed by atoms with Crippen molar-refractivity contribution in [1.29, 1.82) is 0 Å².